The number of nitrogens with zero attached hydrogens (tertiary/aromatic N) is 3. The molecule has 4 N–H and O–H groups in total. The minimum atomic E-state index is -0.472. The predicted molar refractivity (Wildman–Crippen MR) is 61.7 cm³/mol. The van der Waals surface area contributed by atoms with E-state index in [1.807, 2.05) is 0 Å². The monoisotopic (exact) mass is 235 g/mol. The maximum Gasteiger partial charge on any atom is 0.128 e. The van der Waals surface area contributed by atoms with E-state index in [1.54, 1.807) is 24.7 Å². The zero-order valence-electron chi connectivity index (χ0n) is 8.34. The second-order valence-electron chi connectivity index (χ2n) is 3.24. The van der Waals surface area contributed by atoms with Crippen molar-refractivity contribution in [2.24, 2.45) is 5.73 Å². The van der Waals surface area contributed by atoms with Gasteiger partial charge in [0, 0.05) is 24.2 Å². The number of nitrogens with two attached hydrogens (primary N) is 2. The molecule has 0 aliphatic carbocycles. The van der Waals surface area contributed by atoms with Crippen LogP contribution in [0.4, 0.5) is 5.82 Å². The first-order valence-electron chi connectivity index (χ1n) is 4.61. The van der Waals surface area contributed by atoms with Gasteiger partial charge in [-0.05, 0) is 6.07 Å². The first kappa shape index (κ1) is 10.8. The zero-order valence-corrected chi connectivity index (χ0v) is 9.09. The molecule has 2 heterocycles. The van der Waals surface area contributed by atoms with Crippen molar-refractivity contribution in [2.75, 3.05) is 5.73 Å². The van der Waals surface area contributed by atoms with Gasteiger partial charge in [0.1, 0.15) is 5.82 Å². The van der Waals surface area contributed by atoms with Gasteiger partial charge < -0.3 is 11.5 Å². The van der Waals surface area contributed by atoms with Crippen LogP contribution < -0.4 is 11.5 Å². The van der Waals surface area contributed by atoms with E-state index >= 15 is 0 Å². The third-order valence-electron chi connectivity index (χ3n) is 2.15. The molecular formula is C10H10ClN5. The number of halogens is 1. The molecule has 0 aromatic carbocycles. The second-order valence-corrected chi connectivity index (χ2v) is 3.67. The molecule has 5 nitrogen and oxygen atoms in total. The number of aromatic nitrogens is 3. The summed E-state index contributed by atoms with van der Waals surface area (Å²) in [5.41, 5.74) is 13.0. The Bertz CT molecular complexity index is 488. The van der Waals surface area contributed by atoms with Crippen LogP contribution in [0.3, 0.4) is 0 Å². The van der Waals surface area contributed by atoms with Gasteiger partial charge in [0.2, 0.25) is 0 Å². The topological polar surface area (TPSA) is 90.7 Å². The fraction of sp³-hybridized carbons (Fsp3) is 0.100. The van der Waals surface area contributed by atoms with Crippen molar-refractivity contribution >= 4 is 17.4 Å². The Hall–Kier alpha value is -1.72. The van der Waals surface area contributed by atoms with Crippen LogP contribution in [0.25, 0.3) is 0 Å². The van der Waals surface area contributed by atoms with E-state index in [4.69, 9.17) is 23.1 Å². The van der Waals surface area contributed by atoms with Gasteiger partial charge in [0.25, 0.3) is 0 Å². The van der Waals surface area contributed by atoms with Gasteiger partial charge in [0.15, 0.2) is 0 Å². The van der Waals surface area contributed by atoms with Gasteiger partial charge in [-0.2, -0.15) is 0 Å². The summed E-state index contributed by atoms with van der Waals surface area (Å²) in [5.74, 6) is 0.350. The lowest BCUT2D eigenvalue weighted by atomic mass is 10.1. The highest BCUT2D eigenvalue weighted by molar-refractivity contribution is 6.30. The normalized spacial score (nSPS) is 12.4. The van der Waals surface area contributed by atoms with Crippen molar-refractivity contribution in [2.45, 2.75) is 6.04 Å². The highest BCUT2D eigenvalue weighted by Gasteiger charge is 2.14. The van der Waals surface area contributed by atoms with Crippen LogP contribution in [0.15, 0.2) is 30.9 Å². The molecule has 82 valence electrons. The lowest BCUT2D eigenvalue weighted by Crippen LogP contribution is -2.16. The van der Waals surface area contributed by atoms with Crippen LogP contribution >= 0.6 is 11.6 Å². The minimum Gasteiger partial charge on any atom is -0.383 e. The van der Waals surface area contributed by atoms with E-state index in [-0.39, 0.29) is 0 Å². The maximum atomic E-state index is 6.00. The number of pyridine rings is 1. The van der Waals surface area contributed by atoms with E-state index in [2.05, 4.69) is 15.0 Å². The summed E-state index contributed by atoms with van der Waals surface area (Å²) in [6, 6.07) is 1.21. The molecule has 2 rings (SSSR count). The van der Waals surface area contributed by atoms with Crippen molar-refractivity contribution in [1.82, 2.24) is 15.0 Å². The highest BCUT2D eigenvalue weighted by atomic mass is 35.5. The Morgan fingerprint density at radius 1 is 1.19 bits per heavy atom. The highest BCUT2D eigenvalue weighted by Crippen LogP contribution is 2.23. The fourth-order valence-electron chi connectivity index (χ4n) is 1.35. The maximum absolute atomic E-state index is 6.00. The Kier molecular flexibility index (Phi) is 2.98. The van der Waals surface area contributed by atoms with Gasteiger partial charge in [-0.1, -0.05) is 11.6 Å². The summed E-state index contributed by atoms with van der Waals surface area (Å²) in [4.78, 5) is 12.0. The molecule has 2 aromatic heterocycles. The summed E-state index contributed by atoms with van der Waals surface area (Å²) >= 11 is 5.84. The molecule has 6 heteroatoms. The third-order valence-corrected chi connectivity index (χ3v) is 2.36. The van der Waals surface area contributed by atoms with E-state index in [0.717, 1.165) is 0 Å². The van der Waals surface area contributed by atoms with E-state index in [9.17, 15) is 0 Å². The van der Waals surface area contributed by atoms with Gasteiger partial charge in [-0.25, -0.2) is 4.98 Å². The lowest BCUT2D eigenvalue weighted by Gasteiger charge is -2.12. The molecule has 0 radical (unpaired) electrons. The van der Waals surface area contributed by atoms with E-state index in [0.29, 0.717) is 22.1 Å². The molecule has 0 amide bonds. The van der Waals surface area contributed by atoms with Crippen molar-refractivity contribution in [1.29, 1.82) is 0 Å². The summed E-state index contributed by atoms with van der Waals surface area (Å²) < 4.78 is 0. The number of hydrogen-bond donors (Lipinski definition) is 2. The summed E-state index contributed by atoms with van der Waals surface area (Å²) in [6.07, 6.45) is 6.22. The van der Waals surface area contributed by atoms with Gasteiger partial charge in [-0.3, -0.25) is 9.97 Å². The largest absolute Gasteiger partial charge is 0.383 e. The van der Waals surface area contributed by atoms with Crippen molar-refractivity contribution in [3.63, 3.8) is 0 Å². The Balaban J connectivity index is 2.41. The smallest absolute Gasteiger partial charge is 0.128 e. The molecule has 0 spiro atoms. The SMILES string of the molecule is Nc1ncc(Cl)cc1C(N)c1cnccn1. The second kappa shape index (κ2) is 4.42. The van der Waals surface area contributed by atoms with Crippen LogP contribution in [-0.2, 0) is 0 Å². The zero-order chi connectivity index (χ0) is 11.5. The first-order valence-corrected chi connectivity index (χ1v) is 4.98. The first-order chi connectivity index (χ1) is 7.68. The molecule has 1 atom stereocenters. The standard InChI is InChI=1S/C10H10ClN5/c11-6-3-7(10(13)16-4-6)9(12)8-5-14-1-2-15-8/h1-5,9H,12H2,(H2,13,16). The molecule has 0 aliphatic rings. The average Bonchev–Trinajstić information content (AvgIpc) is 2.32. The Labute approximate surface area is 97.5 Å². The number of nitrogen functional groups attached to an aromatic ring is 1. The molecule has 16 heavy (non-hydrogen) atoms. The summed E-state index contributed by atoms with van der Waals surface area (Å²) in [6.45, 7) is 0. The summed E-state index contributed by atoms with van der Waals surface area (Å²) in [7, 11) is 0. The quantitative estimate of drug-likeness (QED) is 0.815. The Morgan fingerprint density at radius 2 is 2.00 bits per heavy atom. The molecule has 0 saturated carbocycles. The minimum absolute atomic E-state index is 0.350. The predicted octanol–water partition coefficient (Wildman–Crippen LogP) is 1.16. The molecule has 0 fully saturated rings. The van der Waals surface area contributed by atoms with E-state index < -0.39 is 6.04 Å². The average molecular weight is 236 g/mol. The Morgan fingerprint density at radius 3 is 2.69 bits per heavy atom. The molecule has 2 aromatic rings. The molecule has 0 bridgehead atoms. The molecular weight excluding hydrogens is 226 g/mol. The van der Waals surface area contributed by atoms with Crippen molar-refractivity contribution in [3.05, 3.63) is 47.1 Å². The molecule has 1 unspecified atom stereocenters. The van der Waals surface area contributed by atoms with Gasteiger partial charge in [0.05, 0.1) is 23.0 Å². The number of rotatable bonds is 2. The van der Waals surface area contributed by atoms with Gasteiger partial charge in [-0.15, -0.1) is 0 Å². The van der Waals surface area contributed by atoms with Crippen molar-refractivity contribution < 1.29 is 0 Å². The van der Waals surface area contributed by atoms with Crippen LogP contribution in [0, 0.1) is 0 Å². The lowest BCUT2D eigenvalue weighted by molar-refractivity contribution is 0.816. The molecule has 0 saturated heterocycles. The van der Waals surface area contributed by atoms with E-state index in [1.165, 1.54) is 6.20 Å². The van der Waals surface area contributed by atoms with Gasteiger partial charge >= 0.3 is 0 Å². The molecule has 0 aliphatic heterocycles. The number of hydrogen-bond acceptors (Lipinski definition) is 5. The van der Waals surface area contributed by atoms with Crippen molar-refractivity contribution in [3.8, 4) is 0 Å². The van der Waals surface area contributed by atoms with Crippen LogP contribution in [0.5, 0.6) is 0 Å². The van der Waals surface area contributed by atoms with Crippen LogP contribution in [0.2, 0.25) is 5.02 Å². The third kappa shape index (κ3) is 2.10. The number of anilines is 1. The van der Waals surface area contributed by atoms with Crippen LogP contribution in [0.1, 0.15) is 17.3 Å². The van der Waals surface area contributed by atoms with Crippen LogP contribution in [-0.4, -0.2) is 15.0 Å². The summed E-state index contributed by atoms with van der Waals surface area (Å²) in [5, 5.41) is 0.489. The fourth-order valence-corrected chi connectivity index (χ4v) is 1.51.